The van der Waals surface area contributed by atoms with Gasteiger partial charge in [0.1, 0.15) is 0 Å². The van der Waals surface area contributed by atoms with Gasteiger partial charge < -0.3 is 5.32 Å². The molecule has 0 spiro atoms. The van der Waals surface area contributed by atoms with Gasteiger partial charge >= 0.3 is 0 Å². The lowest BCUT2D eigenvalue weighted by molar-refractivity contribution is 0.511. The van der Waals surface area contributed by atoms with Crippen LogP contribution < -0.4 is 5.32 Å². The molecular formula is C9H17N3. The lowest BCUT2D eigenvalue weighted by Gasteiger charge is -2.20. The highest BCUT2D eigenvalue weighted by Crippen LogP contribution is 2.12. The van der Waals surface area contributed by atoms with Crippen LogP contribution in [0.15, 0.2) is 12.4 Å². The summed E-state index contributed by atoms with van der Waals surface area (Å²) in [4.78, 5) is 0. The van der Waals surface area contributed by atoms with E-state index in [-0.39, 0.29) is 0 Å². The second-order valence-electron chi connectivity index (χ2n) is 3.39. The highest BCUT2D eigenvalue weighted by molar-refractivity contribution is 5.38. The molecule has 1 heterocycles. The van der Waals surface area contributed by atoms with Crippen molar-refractivity contribution in [1.82, 2.24) is 10.2 Å². The summed E-state index contributed by atoms with van der Waals surface area (Å²) in [5.41, 5.74) is 1.08. The fourth-order valence-electron chi connectivity index (χ4n) is 1.28. The van der Waals surface area contributed by atoms with Crippen molar-refractivity contribution in [2.45, 2.75) is 33.2 Å². The molecule has 1 atom stereocenters. The number of hydrogen-bond donors (Lipinski definition) is 2. The normalized spacial score (nSPS) is 13.3. The van der Waals surface area contributed by atoms with Crippen LogP contribution in [0.4, 0.5) is 5.69 Å². The summed E-state index contributed by atoms with van der Waals surface area (Å²) in [5, 5.41) is 10.1. The second-order valence-corrected chi connectivity index (χ2v) is 3.39. The van der Waals surface area contributed by atoms with Crippen LogP contribution in [-0.4, -0.2) is 16.2 Å². The van der Waals surface area contributed by atoms with Crippen molar-refractivity contribution >= 4 is 5.69 Å². The molecule has 0 saturated heterocycles. The lowest BCUT2D eigenvalue weighted by atomic mass is 10.0. The molecule has 3 heteroatoms. The average molecular weight is 167 g/mol. The van der Waals surface area contributed by atoms with Crippen LogP contribution in [0.1, 0.15) is 27.2 Å². The van der Waals surface area contributed by atoms with E-state index in [1.165, 1.54) is 0 Å². The molecule has 2 N–H and O–H groups in total. The molecule has 0 aliphatic carbocycles. The van der Waals surface area contributed by atoms with E-state index in [1.807, 2.05) is 12.4 Å². The number of aromatic amines is 1. The Morgan fingerprint density at radius 2 is 2.33 bits per heavy atom. The topological polar surface area (TPSA) is 40.7 Å². The molecule has 0 fully saturated rings. The molecule has 1 unspecified atom stereocenters. The minimum atomic E-state index is 0.544. The fourth-order valence-corrected chi connectivity index (χ4v) is 1.28. The third-order valence-corrected chi connectivity index (χ3v) is 2.09. The maximum atomic E-state index is 3.88. The lowest BCUT2D eigenvalue weighted by Crippen LogP contribution is -2.24. The predicted octanol–water partition coefficient (Wildman–Crippen LogP) is 2.26. The van der Waals surface area contributed by atoms with Crippen molar-refractivity contribution in [3.05, 3.63) is 12.4 Å². The van der Waals surface area contributed by atoms with Gasteiger partial charge in [-0.1, -0.05) is 20.8 Å². The zero-order valence-corrected chi connectivity index (χ0v) is 7.96. The van der Waals surface area contributed by atoms with Gasteiger partial charge in [-0.2, -0.15) is 5.10 Å². The van der Waals surface area contributed by atoms with Gasteiger partial charge in [0.15, 0.2) is 0 Å². The molecule has 0 aliphatic heterocycles. The molecule has 1 aromatic heterocycles. The van der Waals surface area contributed by atoms with Crippen LogP contribution in [0.3, 0.4) is 0 Å². The van der Waals surface area contributed by atoms with Crippen LogP contribution in [-0.2, 0) is 0 Å². The van der Waals surface area contributed by atoms with Crippen molar-refractivity contribution < 1.29 is 0 Å². The maximum absolute atomic E-state index is 3.88. The number of hydrogen-bond acceptors (Lipinski definition) is 2. The summed E-state index contributed by atoms with van der Waals surface area (Å²) in [6, 6.07) is 0.544. The average Bonchev–Trinajstić information content (AvgIpc) is 2.51. The molecule has 68 valence electrons. The van der Waals surface area contributed by atoms with Crippen LogP contribution in [0.2, 0.25) is 0 Å². The molecule has 12 heavy (non-hydrogen) atoms. The van der Waals surface area contributed by atoms with E-state index in [4.69, 9.17) is 0 Å². The Hall–Kier alpha value is -0.990. The standard InChI is InChI=1S/C9H17N3/c1-4-9(7(2)3)12-8-5-10-11-6-8/h5-7,9,12H,4H2,1-3H3,(H,10,11). The third-order valence-electron chi connectivity index (χ3n) is 2.09. The molecule has 0 bridgehead atoms. The Morgan fingerprint density at radius 1 is 1.58 bits per heavy atom. The quantitative estimate of drug-likeness (QED) is 0.722. The molecular weight excluding hydrogens is 150 g/mol. The molecule has 0 radical (unpaired) electrons. The summed E-state index contributed by atoms with van der Waals surface area (Å²) in [7, 11) is 0. The van der Waals surface area contributed by atoms with E-state index in [9.17, 15) is 0 Å². The Labute approximate surface area is 73.6 Å². The third kappa shape index (κ3) is 2.26. The van der Waals surface area contributed by atoms with Gasteiger partial charge in [0.05, 0.1) is 11.9 Å². The van der Waals surface area contributed by atoms with Gasteiger partial charge in [0.25, 0.3) is 0 Å². The van der Waals surface area contributed by atoms with Crippen LogP contribution in [0, 0.1) is 5.92 Å². The number of aromatic nitrogens is 2. The Balaban J connectivity index is 2.48. The molecule has 0 aliphatic rings. The molecule has 0 aromatic carbocycles. The zero-order valence-electron chi connectivity index (χ0n) is 7.96. The highest BCUT2D eigenvalue weighted by Gasteiger charge is 2.10. The van der Waals surface area contributed by atoms with Crippen molar-refractivity contribution in [1.29, 1.82) is 0 Å². The van der Waals surface area contributed by atoms with E-state index in [1.54, 1.807) is 0 Å². The van der Waals surface area contributed by atoms with Gasteiger partial charge in [0, 0.05) is 12.2 Å². The van der Waals surface area contributed by atoms with Crippen molar-refractivity contribution in [2.24, 2.45) is 5.92 Å². The van der Waals surface area contributed by atoms with Crippen molar-refractivity contribution in [3.63, 3.8) is 0 Å². The largest absolute Gasteiger partial charge is 0.380 e. The van der Waals surface area contributed by atoms with E-state index in [2.05, 4.69) is 36.3 Å². The molecule has 0 saturated carbocycles. The zero-order chi connectivity index (χ0) is 8.97. The van der Waals surface area contributed by atoms with Crippen LogP contribution in [0.25, 0.3) is 0 Å². The smallest absolute Gasteiger partial charge is 0.0726 e. The molecule has 3 nitrogen and oxygen atoms in total. The summed E-state index contributed by atoms with van der Waals surface area (Å²) in [6.07, 6.45) is 4.83. The number of rotatable bonds is 4. The Morgan fingerprint density at radius 3 is 2.75 bits per heavy atom. The Bertz CT molecular complexity index is 204. The first-order valence-corrected chi connectivity index (χ1v) is 4.49. The van der Waals surface area contributed by atoms with Crippen molar-refractivity contribution in [3.8, 4) is 0 Å². The highest BCUT2D eigenvalue weighted by atomic mass is 15.1. The first-order chi connectivity index (χ1) is 5.74. The van der Waals surface area contributed by atoms with Crippen LogP contribution in [0.5, 0.6) is 0 Å². The summed E-state index contributed by atoms with van der Waals surface area (Å²) in [6.45, 7) is 6.64. The maximum Gasteiger partial charge on any atom is 0.0726 e. The number of anilines is 1. The van der Waals surface area contributed by atoms with E-state index >= 15 is 0 Å². The minimum absolute atomic E-state index is 0.544. The van der Waals surface area contributed by atoms with Gasteiger partial charge in [-0.3, -0.25) is 5.10 Å². The molecule has 0 amide bonds. The summed E-state index contributed by atoms with van der Waals surface area (Å²) in [5.74, 6) is 0.657. The monoisotopic (exact) mass is 167 g/mol. The predicted molar refractivity (Wildman–Crippen MR) is 51.1 cm³/mol. The second kappa shape index (κ2) is 4.14. The Kier molecular flexibility index (Phi) is 3.14. The molecule has 1 rings (SSSR count). The van der Waals surface area contributed by atoms with E-state index in [0.717, 1.165) is 12.1 Å². The van der Waals surface area contributed by atoms with Gasteiger partial charge in [-0.25, -0.2) is 0 Å². The number of H-pyrrole nitrogens is 1. The minimum Gasteiger partial charge on any atom is -0.380 e. The molecule has 1 aromatic rings. The van der Waals surface area contributed by atoms with Gasteiger partial charge in [0.2, 0.25) is 0 Å². The first kappa shape index (κ1) is 9.10. The summed E-state index contributed by atoms with van der Waals surface area (Å²) < 4.78 is 0. The number of nitrogens with one attached hydrogen (secondary N) is 2. The van der Waals surface area contributed by atoms with E-state index < -0.39 is 0 Å². The van der Waals surface area contributed by atoms with Gasteiger partial charge in [-0.15, -0.1) is 0 Å². The summed E-state index contributed by atoms with van der Waals surface area (Å²) >= 11 is 0. The SMILES string of the molecule is CCC(Nc1cn[nH]c1)C(C)C. The number of nitrogens with zero attached hydrogens (tertiary/aromatic N) is 1. The van der Waals surface area contributed by atoms with Gasteiger partial charge in [-0.05, 0) is 12.3 Å². The fraction of sp³-hybridized carbons (Fsp3) is 0.667. The van der Waals surface area contributed by atoms with Crippen LogP contribution >= 0.6 is 0 Å². The van der Waals surface area contributed by atoms with E-state index in [0.29, 0.717) is 12.0 Å². The first-order valence-electron chi connectivity index (χ1n) is 4.49. The van der Waals surface area contributed by atoms with Crippen molar-refractivity contribution in [2.75, 3.05) is 5.32 Å².